The number of furan rings is 1. The predicted molar refractivity (Wildman–Crippen MR) is 53.4 cm³/mol. The molecule has 0 fully saturated rings. The summed E-state index contributed by atoms with van der Waals surface area (Å²) in [5.74, 6) is 0. The van der Waals surface area contributed by atoms with Crippen LogP contribution in [0, 0.1) is 0 Å². The summed E-state index contributed by atoms with van der Waals surface area (Å²) in [6.07, 6.45) is 2.70. The Labute approximate surface area is 77.3 Å². The van der Waals surface area contributed by atoms with Gasteiger partial charge in [-0.2, -0.15) is 0 Å². The van der Waals surface area contributed by atoms with Gasteiger partial charge in [-0.15, -0.1) is 0 Å². The summed E-state index contributed by atoms with van der Waals surface area (Å²) in [6.45, 7) is 2.08. The van der Waals surface area contributed by atoms with Crippen LogP contribution in [0.5, 0.6) is 0 Å². The molecule has 0 radical (unpaired) electrons. The van der Waals surface area contributed by atoms with Gasteiger partial charge in [-0.1, -0.05) is 25.1 Å². The summed E-state index contributed by atoms with van der Waals surface area (Å²) in [6, 6.07) is 8.06. The molecule has 2 heteroatoms. The van der Waals surface area contributed by atoms with Crippen molar-refractivity contribution in [2.75, 3.05) is 0 Å². The molecule has 0 amide bonds. The summed E-state index contributed by atoms with van der Waals surface area (Å²) in [7, 11) is 0. The van der Waals surface area contributed by atoms with Crippen LogP contribution in [-0.4, -0.2) is 0 Å². The topological polar surface area (TPSA) is 39.2 Å². The molecule has 1 aromatic heterocycles. The number of nitrogens with two attached hydrogens (primary N) is 1. The van der Waals surface area contributed by atoms with Crippen LogP contribution in [-0.2, 0) is 0 Å². The molecule has 2 rings (SSSR count). The number of para-hydroxylation sites is 1. The number of rotatable bonds is 2. The molecular weight excluding hydrogens is 162 g/mol. The highest BCUT2D eigenvalue weighted by molar-refractivity contribution is 5.81. The van der Waals surface area contributed by atoms with E-state index in [9.17, 15) is 0 Å². The van der Waals surface area contributed by atoms with Crippen LogP contribution in [0.2, 0.25) is 0 Å². The van der Waals surface area contributed by atoms with Crippen molar-refractivity contribution in [1.29, 1.82) is 0 Å². The third-order valence-electron chi connectivity index (χ3n) is 2.35. The zero-order valence-corrected chi connectivity index (χ0v) is 7.66. The molecule has 0 aliphatic rings. The van der Waals surface area contributed by atoms with Gasteiger partial charge >= 0.3 is 0 Å². The molecule has 0 saturated heterocycles. The Morgan fingerprint density at radius 2 is 2.15 bits per heavy atom. The third-order valence-corrected chi connectivity index (χ3v) is 2.35. The molecule has 1 unspecified atom stereocenters. The summed E-state index contributed by atoms with van der Waals surface area (Å²) < 4.78 is 5.39. The average Bonchev–Trinajstić information content (AvgIpc) is 2.60. The lowest BCUT2D eigenvalue weighted by molar-refractivity contribution is 0.596. The molecule has 1 heterocycles. The van der Waals surface area contributed by atoms with Gasteiger partial charge in [0, 0.05) is 17.0 Å². The van der Waals surface area contributed by atoms with E-state index in [1.165, 1.54) is 0 Å². The average molecular weight is 175 g/mol. The van der Waals surface area contributed by atoms with Crippen molar-refractivity contribution in [2.24, 2.45) is 5.73 Å². The maximum Gasteiger partial charge on any atom is 0.134 e. The van der Waals surface area contributed by atoms with Crippen molar-refractivity contribution in [3.05, 3.63) is 36.1 Å². The van der Waals surface area contributed by atoms with E-state index in [1.807, 2.05) is 24.3 Å². The van der Waals surface area contributed by atoms with Crippen LogP contribution >= 0.6 is 0 Å². The normalized spacial score (nSPS) is 13.4. The van der Waals surface area contributed by atoms with Crippen LogP contribution in [0.4, 0.5) is 0 Å². The van der Waals surface area contributed by atoms with Gasteiger partial charge in [0.15, 0.2) is 0 Å². The first-order valence-electron chi connectivity index (χ1n) is 4.54. The van der Waals surface area contributed by atoms with Gasteiger partial charge in [-0.25, -0.2) is 0 Å². The largest absolute Gasteiger partial charge is 0.464 e. The number of fused-ring (bicyclic) bond motifs is 1. The number of benzene rings is 1. The Morgan fingerprint density at radius 3 is 2.92 bits per heavy atom. The third kappa shape index (κ3) is 1.33. The Morgan fingerprint density at radius 1 is 1.38 bits per heavy atom. The van der Waals surface area contributed by atoms with Gasteiger partial charge in [0.05, 0.1) is 6.26 Å². The second-order valence-electron chi connectivity index (χ2n) is 3.20. The fourth-order valence-corrected chi connectivity index (χ4v) is 1.51. The van der Waals surface area contributed by atoms with Crippen LogP contribution < -0.4 is 5.73 Å². The first-order chi connectivity index (χ1) is 6.33. The van der Waals surface area contributed by atoms with Crippen molar-refractivity contribution in [2.45, 2.75) is 19.4 Å². The van der Waals surface area contributed by atoms with Crippen LogP contribution in [0.3, 0.4) is 0 Å². The van der Waals surface area contributed by atoms with Gasteiger partial charge < -0.3 is 10.2 Å². The first-order valence-corrected chi connectivity index (χ1v) is 4.54. The quantitative estimate of drug-likeness (QED) is 0.762. The van der Waals surface area contributed by atoms with Gasteiger partial charge in [0.1, 0.15) is 5.58 Å². The molecule has 0 saturated carbocycles. The molecule has 68 valence electrons. The van der Waals surface area contributed by atoms with Crippen LogP contribution in [0.25, 0.3) is 11.0 Å². The maximum atomic E-state index is 5.94. The molecule has 2 N–H and O–H groups in total. The summed E-state index contributed by atoms with van der Waals surface area (Å²) in [5.41, 5.74) is 7.97. The molecule has 0 aliphatic carbocycles. The fraction of sp³-hybridized carbons (Fsp3) is 0.273. The molecule has 1 aromatic carbocycles. The molecule has 1 atom stereocenters. The molecule has 2 aromatic rings. The van der Waals surface area contributed by atoms with E-state index < -0.39 is 0 Å². The molecule has 13 heavy (non-hydrogen) atoms. The Balaban J connectivity index is 2.57. The van der Waals surface area contributed by atoms with Gasteiger partial charge in [0.2, 0.25) is 0 Å². The molecule has 0 spiro atoms. The number of hydrogen-bond donors (Lipinski definition) is 1. The monoisotopic (exact) mass is 175 g/mol. The molecule has 2 nitrogen and oxygen atoms in total. The minimum Gasteiger partial charge on any atom is -0.464 e. The highest BCUT2D eigenvalue weighted by Crippen LogP contribution is 2.26. The van der Waals surface area contributed by atoms with E-state index in [-0.39, 0.29) is 6.04 Å². The number of hydrogen-bond acceptors (Lipinski definition) is 2. The van der Waals surface area contributed by atoms with Crippen molar-refractivity contribution < 1.29 is 4.42 Å². The Kier molecular flexibility index (Phi) is 2.07. The second-order valence-corrected chi connectivity index (χ2v) is 3.20. The van der Waals surface area contributed by atoms with E-state index in [2.05, 4.69) is 6.92 Å². The Hall–Kier alpha value is -1.28. The van der Waals surface area contributed by atoms with Crippen molar-refractivity contribution in [1.82, 2.24) is 0 Å². The maximum absolute atomic E-state index is 5.94. The minimum absolute atomic E-state index is 0.0867. The van der Waals surface area contributed by atoms with Crippen molar-refractivity contribution >= 4 is 11.0 Å². The van der Waals surface area contributed by atoms with Gasteiger partial charge in [0.25, 0.3) is 0 Å². The summed E-state index contributed by atoms with van der Waals surface area (Å²) in [4.78, 5) is 0. The van der Waals surface area contributed by atoms with E-state index in [1.54, 1.807) is 6.26 Å². The lowest BCUT2D eigenvalue weighted by atomic mass is 10.1. The summed E-state index contributed by atoms with van der Waals surface area (Å²) >= 11 is 0. The minimum atomic E-state index is 0.0867. The molecule has 0 aliphatic heterocycles. The first kappa shape index (κ1) is 8.32. The van der Waals surface area contributed by atoms with E-state index in [0.717, 1.165) is 23.0 Å². The highest BCUT2D eigenvalue weighted by atomic mass is 16.3. The van der Waals surface area contributed by atoms with E-state index in [0.29, 0.717) is 0 Å². The molecular formula is C11H13NO. The Bertz CT molecular complexity index is 405. The zero-order chi connectivity index (χ0) is 9.26. The van der Waals surface area contributed by atoms with Crippen molar-refractivity contribution in [3.63, 3.8) is 0 Å². The molecule has 0 bridgehead atoms. The van der Waals surface area contributed by atoms with Gasteiger partial charge in [-0.3, -0.25) is 0 Å². The van der Waals surface area contributed by atoms with E-state index >= 15 is 0 Å². The SMILES string of the molecule is CCC(N)c1coc2ccccc12. The zero-order valence-electron chi connectivity index (χ0n) is 7.66. The van der Waals surface area contributed by atoms with Crippen LogP contribution in [0.15, 0.2) is 34.9 Å². The lowest BCUT2D eigenvalue weighted by Gasteiger charge is -2.04. The fourth-order valence-electron chi connectivity index (χ4n) is 1.51. The van der Waals surface area contributed by atoms with Crippen molar-refractivity contribution in [3.8, 4) is 0 Å². The van der Waals surface area contributed by atoms with E-state index in [4.69, 9.17) is 10.2 Å². The lowest BCUT2D eigenvalue weighted by Crippen LogP contribution is -2.07. The second kappa shape index (κ2) is 3.23. The predicted octanol–water partition coefficient (Wildman–Crippen LogP) is 2.84. The standard InChI is InChI=1S/C11H13NO/c1-2-10(12)9-7-13-11-6-4-3-5-8(9)11/h3-7,10H,2,12H2,1H3. The van der Waals surface area contributed by atoms with Crippen LogP contribution in [0.1, 0.15) is 24.9 Å². The highest BCUT2D eigenvalue weighted by Gasteiger charge is 2.10. The summed E-state index contributed by atoms with van der Waals surface area (Å²) in [5, 5.41) is 1.14. The van der Waals surface area contributed by atoms with Gasteiger partial charge in [-0.05, 0) is 12.5 Å². The smallest absolute Gasteiger partial charge is 0.134 e.